The van der Waals surface area contributed by atoms with Crippen molar-refractivity contribution in [1.29, 1.82) is 0 Å². The molecule has 0 radical (unpaired) electrons. The zero-order valence-electron chi connectivity index (χ0n) is 16.2. The molecule has 3 rings (SSSR count). The monoisotopic (exact) mass is 451 g/mol. The number of nitro benzene ring substituents is 3. The number of sulfonamides is 1. The molecule has 0 N–H and O–H groups in total. The topological polar surface area (TPSA) is 170 Å². The number of hydrogen-bond acceptors (Lipinski definition) is 9. The molecule has 1 aliphatic rings. The minimum Gasteiger partial charge on any atom is -0.363 e. The van der Waals surface area contributed by atoms with E-state index in [2.05, 4.69) is 0 Å². The average molecular weight is 451 g/mol. The molecule has 0 saturated carbocycles. The number of benzene rings is 2. The van der Waals surface area contributed by atoms with Crippen molar-refractivity contribution in [3.05, 3.63) is 72.8 Å². The molecule has 1 fully saturated rings. The third-order valence-electron chi connectivity index (χ3n) is 4.91. The van der Waals surface area contributed by atoms with E-state index in [9.17, 15) is 38.8 Å². The summed E-state index contributed by atoms with van der Waals surface area (Å²) in [7, 11) is -4.04. The highest BCUT2D eigenvalue weighted by Gasteiger charge is 2.36. The summed E-state index contributed by atoms with van der Waals surface area (Å²) in [6, 6.07) is 7.39. The minimum atomic E-state index is -4.04. The Kier molecular flexibility index (Phi) is 5.85. The molecular weight excluding hydrogens is 434 g/mol. The first kappa shape index (κ1) is 22.0. The van der Waals surface area contributed by atoms with E-state index in [1.807, 2.05) is 0 Å². The lowest BCUT2D eigenvalue weighted by molar-refractivity contribution is -0.393. The number of hydrogen-bond donors (Lipinski definition) is 0. The first-order chi connectivity index (χ1) is 14.5. The van der Waals surface area contributed by atoms with Crippen LogP contribution >= 0.6 is 0 Å². The van der Waals surface area contributed by atoms with E-state index in [4.69, 9.17) is 0 Å². The fourth-order valence-electron chi connectivity index (χ4n) is 3.45. The predicted molar refractivity (Wildman–Crippen MR) is 108 cm³/mol. The van der Waals surface area contributed by atoms with Gasteiger partial charge in [-0.25, -0.2) is 8.42 Å². The molecule has 0 aliphatic carbocycles. The molecule has 1 atom stereocenters. The van der Waals surface area contributed by atoms with Gasteiger partial charge in [-0.3, -0.25) is 30.3 Å². The van der Waals surface area contributed by atoms with Gasteiger partial charge in [0, 0.05) is 43.9 Å². The lowest BCUT2D eigenvalue weighted by Gasteiger charge is -2.39. The maximum atomic E-state index is 13.0. The number of rotatable bonds is 6. The second-order valence-electron chi connectivity index (χ2n) is 6.85. The Hall–Kier alpha value is -3.65. The maximum absolute atomic E-state index is 13.0. The standard InChI is InChI=1S/C17H17N5O8S/c1-12-11-18(16-6-5-14(21(25)26)10-17(16)22(27)28)7-8-19(12)31(29,30)15-4-2-3-13(9-15)20(23)24/h2-6,9-10,12H,7-8,11H2,1H3. The van der Waals surface area contributed by atoms with Crippen molar-refractivity contribution >= 4 is 32.8 Å². The Morgan fingerprint density at radius 1 is 0.903 bits per heavy atom. The molecule has 13 nitrogen and oxygen atoms in total. The van der Waals surface area contributed by atoms with Gasteiger partial charge in [-0.2, -0.15) is 4.31 Å². The molecule has 164 valence electrons. The Morgan fingerprint density at radius 3 is 2.13 bits per heavy atom. The molecule has 0 aromatic heterocycles. The van der Waals surface area contributed by atoms with Crippen LogP contribution in [0.2, 0.25) is 0 Å². The van der Waals surface area contributed by atoms with Crippen molar-refractivity contribution in [2.24, 2.45) is 0 Å². The summed E-state index contributed by atoms with van der Waals surface area (Å²) < 4.78 is 27.2. The van der Waals surface area contributed by atoms with E-state index in [1.54, 1.807) is 11.8 Å². The van der Waals surface area contributed by atoms with Gasteiger partial charge < -0.3 is 4.90 Å². The van der Waals surface area contributed by atoms with E-state index in [0.29, 0.717) is 0 Å². The van der Waals surface area contributed by atoms with Crippen LogP contribution in [0.4, 0.5) is 22.7 Å². The summed E-state index contributed by atoms with van der Waals surface area (Å²) >= 11 is 0. The van der Waals surface area contributed by atoms with Crippen LogP contribution in [0, 0.1) is 30.3 Å². The molecule has 14 heteroatoms. The molecule has 1 saturated heterocycles. The fraction of sp³-hybridized carbons (Fsp3) is 0.294. The van der Waals surface area contributed by atoms with Crippen molar-refractivity contribution in [3.8, 4) is 0 Å². The van der Waals surface area contributed by atoms with Crippen LogP contribution in [0.5, 0.6) is 0 Å². The van der Waals surface area contributed by atoms with Crippen molar-refractivity contribution in [3.63, 3.8) is 0 Å². The normalized spacial score (nSPS) is 17.3. The van der Waals surface area contributed by atoms with E-state index in [0.717, 1.165) is 18.2 Å². The summed E-state index contributed by atoms with van der Waals surface area (Å²) in [5, 5.41) is 33.3. The van der Waals surface area contributed by atoms with Gasteiger partial charge in [0.15, 0.2) is 0 Å². The maximum Gasteiger partial charge on any atom is 0.299 e. The van der Waals surface area contributed by atoms with Crippen LogP contribution in [0.15, 0.2) is 47.4 Å². The van der Waals surface area contributed by atoms with E-state index in [1.165, 1.54) is 28.6 Å². The SMILES string of the molecule is CC1CN(c2ccc([N+](=O)[O-])cc2[N+](=O)[O-])CCN1S(=O)(=O)c1cccc([N+](=O)[O-])c1. The van der Waals surface area contributed by atoms with Gasteiger partial charge in [0.25, 0.3) is 17.1 Å². The second kappa shape index (κ2) is 8.23. The number of nitro groups is 3. The summed E-state index contributed by atoms with van der Waals surface area (Å²) in [5.74, 6) is 0. The average Bonchev–Trinajstić information content (AvgIpc) is 2.73. The zero-order valence-corrected chi connectivity index (χ0v) is 17.0. The van der Waals surface area contributed by atoms with Crippen molar-refractivity contribution < 1.29 is 23.2 Å². The molecule has 0 amide bonds. The third kappa shape index (κ3) is 4.29. The van der Waals surface area contributed by atoms with Gasteiger partial charge in [0.05, 0.1) is 25.7 Å². The summed E-state index contributed by atoms with van der Waals surface area (Å²) in [6.07, 6.45) is 0. The molecular formula is C17H17N5O8S. The molecule has 2 aromatic rings. The van der Waals surface area contributed by atoms with Crippen molar-refractivity contribution in [2.75, 3.05) is 24.5 Å². The largest absolute Gasteiger partial charge is 0.363 e. The number of non-ortho nitro benzene ring substituents is 2. The third-order valence-corrected chi connectivity index (χ3v) is 6.92. The highest BCUT2D eigenvalue weighted by molar-refractivity contribution is 7.89. The van der Waals surface area contributed by atoms with Gasteiger partial charge >= 0.3 is 0 Å². The molecule has 2 aromatic carbocycles. The Balaban J connectivity index is 1.87. The number of piperazine rings is 1. The fourth-order valence-corrected chi connectivity index (χ4v) is 5.10. The quantitative estimate of drug-likeness (QED) is 0.472. The minimum absolute atomic E-state index is 0.0274. The van der Waals surface area contributed by atoms with Gasteiger partial charge in [0.2, 0.25) is 10.0 Å². The second-order valence-corrected chi connectivity index (χ2v) is 8.74. The Morgan fingerprint density at radius 2 is 1.55 bits per heavy atom. The summed E-state index contributed by atoms with van der Waals surface area (Å²) in [5.41, 5.74) is -1.07. The van der Waals surface area contributed by atoms with Crippen molar-refractivity contribution in [1.82, 2.24) is 4.31 Å². The zero-order chi connectivity index (χ0) is 22.9. The molecule has 31 heavy (non-hydrogen) atoms. The Bertz CT molecular complexity index is 1170. The lowest BCUT2D eigenvalue weighted by atomic mass is 10.1. The van der Waals surface area contributed by atoms with Crippen LogP contribution in [-0.2, 0) is 10.0 Å². The van der Waals surface area contributed by atoms with Crippen LogP contribution < -0.4 is 4.90 Å². The molecule has 1 heterocycles. The van der Waals surface area contributed by atoms with Crippen LogP contribution in [0.25, 0.3) is 0 Å². The highest BCUT2D eigenvalue weighted by atomic mass is 32.2. The first-order valence-electron chi connectivity index (χ1n) is 8.96. The highest BCUT2D eigenvalue weighted by Crippen LogP contribution is 2.34. The molecule has 1 aliphatic heterocycles. The van der Waals surface area contributed by atoms with Gasteiger partial charge in [-0.15, -0.1) is 0 Å². The summed E-state index contributed by atoms with van der Waals surface area (Å²) in [6.45, 7) is 1.77. The van der Waals surface area contributed by atoms with E-state index in [-0.39, 0.29) is 35.9 Å². The van der Waals surface area contributed by atoms with Gasteiger partial charge in [-0.1, -0.05) is 6.07 Å². The first-order valence-corrected chi connectivity index (χ1v) is 10.4. The smallest absolute Gasteiger partial charge is 0.299 e. The van der Waals surface area contributed by atoms with Gasteiger partial charge in [0.1, 0.15) is 5.69 Å². The van der Waals surface area contributed by atoms with Crippen LogP contribution in [0.1, 0.15) is 6.92 Å². The Labute approximate surface area is 176 Å². The summed E-state index contributed by atoms with van der Waals surface area (Å²) in [4.78, 5) is 32.5. The van der Waals surface area contributed by atoms with E-state index >= 15 is 0 Å². The molecule has 0 bridgehead atoms. The molecule has 1 unspecified atom stereocenters. The van der Waals surface area contributed by atoms with Crippen LogP contribution in [-0.4, -0.2) is 53.2 Å². The van der Waals surface area contributed by atoms with Gasteiger partial charge in [-0.05, 0) is 19.1 Å². The van der Waals surface area contributed by atoms with Crippen LogP contribution in [0.3, 0.4) is 0 Å². The van der Waals surface area contributed by atoms with Crippen molar-refractivity contribution in [2.45, 2.75) is 17.9 Å². The number of nitrogens with zero attached hydrogens (tertiary/aromatic N) is 5. The number of anilines is 1. The lowest BCUT2D eigenvalue weighted by Crippen LogP contribution is -2.54. The predicted octanol–water partition coefficient (Wildman–Crippen LogP) is 2.31. The van der Waals surface area contributed by atoms with E-state index < -0.39 is 42.2 Å². The molecule has 0 spiro atoms.